The Bertz CT molecular complexity index is 557. The summed E-state index contributed by atoms with van der Waals surface area (Å²) in [7, 11) is 4.14. The molecule has 6 nitrogen and oxygen atoms in total. The topological polar surface area (TPSA) is 56.0 Å². The number of hydrogen-bond acceptors (Lipinski definition) is 4. The highest BCUT2D eigenvalue weighted by molar-refractivity contribution is 14.0. The number of halogens is 1. The molecule has 1 aliphatic carbocycles. The van der Waals surface area contributed by atoms with Crippen molar-refractivity contribution in [2.24, 2.45) is 4.99 Å². The zero-order valence-corrected chi connectivity index (χ0v) is 19.3. The molecule has 0 spiro atoms. The summed E-state index contributed by atoms with van der Waals surface area (Å²) in [6.07, 6.45) is 8.51. The van der Waals surface area contributed by atoms with Gasteiger partial charge in [0.2, 0.25) is 0 Å². The molecule has 0 bridgehead atoms. The standard InChI is InChI=1S/C20H35N5O.HI/c1-4-21-20(22-14-18(24(2)3)19-10-7-13-26-19)23-16-11-12-25(15-16)17-8-5-6-9-17;/h7,10,13,16-18H,4-6,8-9,11-12,14-15H2,1-3H3,(H2,21,22,23);1H. The third-order valence-corrected chi connectivity index (χ3v) is 5.66. The van der Waals surface area contributed by atoms with Gasteiger partial charge in [0.1, 0.15) is 5.76 Å². The van der Waals surface area contributed by atoms with Crippen LogP contribution in [0.2, 0.25) is 0 Å². The first-order valence-electron chi connectivity index (χ1n) is 10.2. The van der Waals surface area contributed by atoms with E-state index in [-0.39, 0.29) is 30.0 Å². The highest BCUT2D eigenvalue weighted by atomic mass is 127. The number of nitrogens with zero attached hydrogens (tertiary/aromatic N) is 3. The Morgan fingerprint density at radius 2 is 2.11 bits per heavy atom. The number of aliphatic imine (C=N–C) groups is 1. The molecular weight excluding hydrogens is 453 g/mol. The summed E-state index contributed by atoms with van der Waals surface area (Å²) in [4.78, 5) is 9.69. The van der Waals surface area contributed by atoms with E-state index in [1.54, 1.807) is 6.26 Å². The molecule has 2 heterocycles. The molecule has 3 rings (SSSR count). The van der Waals surface area contributed by atoms with E-state index in [4.69, 9.17) is 9.41 Å². The van der Waals surface area contributed by atoms with Crippen LogP contribution in [0.5, 0.6) is 0 Å². The SMILES string of the molecule is CCNC(=NCC(c1ccco1)N(C)C)NC1CCN(C2CCCC2)C1.I. The number of furan rings is 1. The number of guanidine groups is 1. The van der Waals surface area contributed by atoms with Crippen molar-refractivity contribution >= 4 is 29.9 Å². The van der Waals surface area contributed by atoms with Gasteiger partial charge in [-0.1, -0.05) is 12.8 Å². The van der Waals surface area contributed by atoms with Crippen molar-refractivity contribution in [3.05, 3.63) is 24.2 Å². The van der Waals surface area contributed by atoms with Gasteiger partial charge in [0.05, 0.1) is 18.8 Å². The van der Waals surface area contributed by atoms with Gasteiger partial charge >= 0.3 is 0 Å². The van der Waals surface area contributed by atoms with E-state index in [2.05, 4.69) is 41.5 Å². The van der Waals surface area contributed by atoms with E-state index < -0.39 is 0 Å². The predicted octanol–water partition coefficient (Wildman–Crippen LogP) is 3.07. The first-order chi connectivity index (χ1) is 12.7. The van der Waals surface area contributed by atoms with Crippen molar-refractivity contribution in [1.29, 1.82) is 0 Å². The maximum absolute atomic E-state index is 5.60. The second-order valence-electron chi connectivity index (χ2n) is 7.78. The third kappa shape index (κ3) is 6.35. The number of likely N-dealkylation sites (tertiary alicyclic amines) is 1. The van der Waals surface area contributed by atoms with Gasteiger partial charge < -0.3 is 15.1 Å². The zero-order valence-electron chi connectivity index (χ0n) is 17.0. The molecule has 1 aromatic rings. The minimum Gasteiger partial charge on any atom is -0.468 e. The van der Waals surface area contributed by atoms with Crippen LogP contribution in [-0.4, -0.2) is 68.1 Å². The summed E-state index contributed by atoms with van der Waals surface area (Å²) >= 11 is 0. The van der Waals surface area contributed by atoms with Gasteiger partial charge in [0.15, 0.2) is 5.96 Å². The van der Waals surface area contributed by atoms with Crippen LogP contribution in [0.25, 0.3) is 0 Å². The zero-order chi connectivity index (χ0) is 18.4. The van der Waals surface area contributed by atoms with Crippen molar-refractivity contribution < 1.29 is 4.42 Å². The Kier molecular flexibility index (Phi) is 9.38. The average molecular weight is 489 g/mol. The molecule has 27 heavy (non-hydrogen) atoms. The van der Waals surface area contributed by atoms with Crippen molar-refractivity contribution in [3.63, 3.8) is 0 Å². The Labute approximate surface area is 181 Å². The summed E-state index contributed by atoms with van der Waals surface area (Å²) in [5.41, 5.74) is 0. The number of hydrogen-bond donors (Lipinski definition) is 2. The van der Waals surface area contributed by atoms with E-state index in [1.807, 2.05) is 12.1 Å². The first-order valence-corrected chi connectivity index (χ1v) is 10.2. The van der Waals surface area contributed by atoms with Gasteiger partial charge in [-0.3, -0.25) is 14.8 Å². The summed E-state index contributed by atoms with van der Waals surface area (Å²) in [6, 6.07) is 5.43. The van der Waals surface area contributed by atoms with Crippen LogP contribution in [0, 0.1) is 0 Å². The van der Waals surface area contributed by atoms with Crippen LogP contribution in [0.4, 0.5) is 0 Å². The van der Waals surface area contributed by atoms with Gasteiger partial charge in [-0.2, -0.15) is 0 Å². The van der Waals surface area contributed by atoms with Crippen LogP contribution >= 0.6 is 24.0 Å². The molecular formula is C20H36IN5O. The molecule has 2 aliphatic rings. The van der Waals surface area contributed by atoms with E-state index in [9.17, 15) is 0 Å². The summed E-state index contributed by atoms with van der Waals surface area (Å²) in [5, 5.41) is 7.06. The monoisotopic (exact) mass is 489 g/mol. The van der Waals surface area contributed by atoms with Crippen LogP contribution < -0.4 is 10.6 Å². The van der Waals surface area contributed by atoms with Crippen LogP contribution in [0.3, 0.4) is 0 Å². The number of nitrogens with one attached hydrogen (secondary N) is 2. The maximum Gasteiger partial charge on any atom is 0.191 e. The lowest BCUT2D eigenvalue weighted by Crippen LogP contribution is -2.45. The van der Waals surface area contributed by atoms with E-state index in [1.165, 1.54) is 38.6 Å². The minimum absolute atomic E-state index is 0. The van der Waals surface area contributed by atoms with Gasteiger partial charge in [-0.15, -0.1) is 24.0 Å². The van der Waals surface area contributed by atoms with Gasteiger partial charge in [0.25, 0.3) is 0 Å². The average Bonchev–Trinajstić information content (AvgIpc) is 3.37. The molecule has 2 fully saturated rings. The Morgan fingerprint density at radius 1 is 1.33 bits per heavy atom. The second-order valence-corrected chi connectivity index (χ2v) is 7.78. The van der Waals surface area contributed by atoms with Crippen molar-refractivity contribution in [2.75, 3.05) is 40.3 Å². The van der Waals surface area contributed by atoms with Crippen molar-refractivity contribution in [3.8, 4) is 0 Å². The minimum atomic E-state index is 0. The smallest absolute Gasteiger partial charge is 0.191 e. The Balaban J connectivity index is 0.00000261. The van der Waals surface area contributed by atoms with Gasteiger partial charge in [-0.05, 0) is 52.4 Å². The van der Waals surface area contributed by atoms with Crippen LogP contribution in [0.1, 0.15) is 50.8 Å². The largest absolute Gasteiger partial charge is 0.468 e. The first kappa shape index (κ1) is 22.5. The quantitative estimate of drug-likeness (QED) is 0.351. The van der Waals surface area contributed by atoms with Crippen molar-refractivity contribution in [1.82, 2.24) is 20.4 Å². The fourth-order valence-electron chi connectivity index (χ4n) is 4.19. The fraction of sp³-hybridized carbons (Fsp3) is 0.750. The summed E-state index contributed by atoms with van der Waals surface area (Å²) < 4.78 is 5.60. The highest BCUT2D eigenvalue weighted by Crippen LogP contribution is 2.26. The maximum atomic E-state index is 5.60. The molecule has 1 saturated heterocycles. The highest BCUT2D eigenvalue weighted by Gasteiger charge is 2.30. The predicted molar refractivity (Wildman–Crippen MR) is 122 cm³/mol. The molecule has 154 valence electrons. The molecule has 1 saturated carbocycles. The Hall–Kier alpha value is -0.800. The lowest BCUT2D eigenvalue weighted by atomic mass is 10.2. The Morgan fingerprint density at radius 3 is 2.74 bits per heavy atom. The molecule has 2 N–H and O–H groups in total. The molecule has 0 amide bonds. The molecule has 2 atom stereocenters. The lowest BCUT2D eigenvalue weighted by Gasteiger charge is -2.24. The molecule has 1 aromatic heterocycles. The second kappa shape index (κ2) is 11.3. The van der Waals surface area contributed by atoms with E-state index in [0.717, 1.165) is 30.9 Å². The van der Waals surface area contributed by atoms with Crippen molar-refractivity contribution in [2.45, 2.75) is 57.2 Å². The van der Waals surface area contributed by atoms with E-state index >= 15 is 0 Å². The molecule has 7 heteroatoms. The molecule has 0 aromatic carbocycles. The van der Waals surface area contributed by atoms with Crippen LogP contribution in [-0.2, 0) is 0 Å². The fourth-order valence-corrected chi connectivity index (χ4v) is 4.19. The third-order valence-electron chi connectivity index (χ3n) is 5.66. The van der Waals surface area contributed by atoms with Crippen LogP contribution in [0.15, 0.2) is 27.8 Å². The number of likely N-dealkylation sites (N-methyl/N-ethyl adjacent to an activating group) is 1. The van der Waals surface area contributed by atoms with Gasteiger partial charge in [0, 0.05) is 31.7 Å². The molecule has 0 radical (unpaired) electrons. The summed E-state index contributed by atoms with van der Waals surface area (Å²) in [5.74, 6) is 1.88. The molecule has 1 aliphatic heterocycles. The summed E-state index contributed by atoms with van der Waals surface area (Å²) in [6.45, 7) is 6.03. The van der Waals surface area contributed by atoms with Gasteiger partial charge in [-0.25, -0.2) is 0 Å². The van der Waals surface area contributed by atoms with E-state index in [0.29, 0.717) is 12.6 Å². The normalized spacial score (nSPS) is 22.8. The molecule has 2 unspecified atom stereocenters. The number of rotatable bonds is 7. The lowest BCUT2D eigenvalue weighted by molar-refractivity contribution is 0.242.